The molecule has 0 aliphatic carbocycles. The van der Waals surface area contributed by atoms with Crippen LogP contribution in [0.3, 0.4) is 0 Å². The summed E-state index contributed by atoms with van der Waals surface area (Å²) in [5, 5.41) is 8.13. The third-order valence-corrected chi connectivity index (χ3v) is 4.77. The normalized spacial score (nSPS) is 11.7. The lowest BCUT2D eigenvalue weighted by Gasteiger charge is -2.06. The predicted octanol–water partition coefficient (Wildman–Crippen LogP) is 1.57. The first kappa shape index (κ1) is 15.4. The van der Waals surface area contributed by atoms with E-state index in [2.05, 4.69) is 14.9 Å². The Morgan fingerprint density at radius 3 is 2.57 bits per heavy atom. The Labute approximate surface area is 134 Å². The van der Waals surface area contributed by atoms with Gasteiger partial charge in [-0.05, 0) is 30.7 Å². The molecule has 3 aromatic rings. The van der Waals surface area contributed by atoms with Gasteiger partial charge in [0.05, 0.1) is 11.9 Å². The highest BCUT2D eigenvalue weighted by molar-refractivity contribution is 7.89. The number of hydrogen-bond acceptors (Lipinski definition) is 4. The summed E-state index contributed by atoms with van der Waals surface area (Å²) in [6.45, 7) is 2.75. The molecule has 0 aliphatic heterocycles. The Balaban J connectivity index is 1.68. The van der Waals surface area contributed by atoms with Crippen molar-refractivity contribution in [1.82, 2.24) is 24.3 Å². The van der Waals surface area contributed by atoms with E-state index in [-0.39, 0.29) is 11.4 Å². The molecule has 3 rings (SSSR count). The van der Waals surface area contributed by atoms with Gasteiger partial charge in [0, 0.05) is 31.7 Å². The highest BCUT2D eigenvalue weighted by Crippen LogP contribution is 2.11. The molecule has 2 heterocycles. The Morgan fingerprint density at radius 2 is 1.96 bits per heavy atom. The summed E-state index contributed by atoms with van der Waals surface area (Å²) < 4.78 is 30.3. The second kappa shape index (κ2) is 6.35. The molecule has 0 atom stereocenters. The summed E-state index contributed by atoms with van der Waals surface area (Å²) in [6.07, 6.45) is 6.43. The average molecular weight is 331 g/mol. The molecule has 0 saturated heterocycles. The van der Waals surface area contributed by atoms with Crippen LogP contribution < -0.4 is 4.72 Å². The summed E-state index contributed by atoms with van der Waals surface area (Å²) in [5.74, 6) is 0. The number of aromatic nitrogens is 4. The van der Waals surface area contributed by atoms with Crippen LogP contribution in [0.2, 0.25) is 0 Å². The van der Waals surface area contributed by atoms with E-state index in [1.54, 1.807) is 15.6 Å². The number of sulfonamides is 1. The molecule has 0 aliphatic rings. The molecule has 0 bridgehead atoms. The number of benzene rings is 1. The molecule has 0 amide bonds. The maximum absolute atomic E-state index is 12.2. The quantitative estimate of drug-likeness (QED) is 0.743. The van der Waals surface area contributed by atoms with Gasteiger partial charge in [-0.25, -0.2) is 17.8 Å². The van der Waals surface area contributed by atoms with Gasteiger partial charge in [-0.2, -0.15) is 10.2 Å². The lowest BCUT2D eigenvalue weighted by molar-refractivity contribution is 0.581. The first-order valence-corrected chi connectivity index (χ1v) is 8.68. The Kier molecular flexibility index (Phi) is 4.26. The SMILES string of the molecule is CCn1cc(S(=O)(=O)NCc2ccc(-n3cccn3)cc2)cn1. The third-order valence-electron chi connectivity index (χ3n) is 3.42. The maximum Gasteiger partial charge on any atom is 0.243 e. The van der Waals surface area contributed by atoms with Gasteiger partial charge in [0.15, 0.2) is 0 Å². The van der Waals surface area contributed by atoms with Crippen LogP contribution in [-0.4, -0.2) is 28.0 Å². The van der Waals surface area contributed by atoms with E-state index in [0.717, 1.165) is 11.3 Å². The minimum absolute atomic E-state index is 0.174. The molecule has 0 fully saturated rings. The highest BCUT2D eigenvalue weighted by atomic mass is 32.2. The average Bonchev–Trinajstić information content (AvgIpc) is 3.25. The molecule has 0 unspecified atom stereocenters. The van der Waals surface area contributed by atoms with E-state index in [4.69, 9.17) is 0 Å². The molecule has 2 aromatic heterocycles. The van der Waals surface area contributed by atoms with E-state index in [0.29, 0.717) is 6.54 Å². The van der Waals surface area contributed by atoms with Gasteiger partial charge in [-0.1, -0.05) is 12.1 Å². The number of nitrogens with zero attached hydrogens (tertiary/aromatic N) is 4. The lowest BCUT2D eigenvalue weighted by Crippen LogP contribution is -2.22. The predicted molar refractivity (Wildman–Crippen MR) is 85.5 cm³/mol. The van der Waals surface area contributed by atoms with Crippen LogP contribution in [0, 0.1) is 0 Å². The van der Waals surface area contributed by atoms with Crippen molar-refractivity contribution in [2.45, 2.75) is 24.9 Å². The second-order valence-electron chi connectivity index (χ2n) is 4.97. The van der Waals surface area contributed by atoms with E-state index in [9.17, 15) is 8.42 Å². The van der Waals surface area contributed by atoms with Crippen LogP contribution in [0.1, 0.15) is 12.5 Å². The summed E-state index contributed by atoms with van der Waals surface area (Å²) in [4.78, 5) is 0.174. The first-order valence-electron chi connectivity index (χ1n) is 7.19. The van der Waals surface area contributed by atoms with Crippen molar-refractivity contribution in [1.29, 1.82) is 0 Å². The van der Waals surface area contributed by atoms with Gasteiger partial charge in [0.25, 0.3) is 0 Å². The number of hydrogen-bond donors (Lipinski definition) is 1. The van der Waals surface area contributed by atoms with Crippen molar-refractivity contribution < 1.29 is 8.42 Å². The monoisotopic (exact) mass is 331 g/mol. The molecule has 23 heavy (non-hydrogen) atoms. The van der Waals surface area contributed by atoms with Crippen molar-refractivity contribution in [3.63, 3.8) is 0 Å². The smallest absolute Gasteiger partial charge is 0.243 e. The number of rotatable bonds is 6. The zero-order valence-electron chi connectivity index (χ0n) is 12.6. The standard InChI is InChI=1S/C15H17N5O2S/c1-2-19-12-15(11-17-19)23(21,22)18-10-13-4-6-14(7-5-13)20-9-3-8-16-20/h3-9,11-12,18H,2,10H2,1H3. The van der Waals surface area contributed by atoms with Gasteiger partial charge in [-0.3, -0.25) is 4.68 Å². The van der Waals surface area contributed by atoms with Crippen LogP contribution in [0.15, 0.2) is 60.0 Å². The molecular weight excluding hydrogens is 314 g/mol. The summed E-state index contributed by atoms with van der Waals surface area (Å²) in [5.41, 5.74) is 1.79. The van der Waals surface area contributed by atoms with E-state index >= 15 is 0 Å². The summed E-state index contributed by atoms with van der Waals surface area (Å²) in [6, 6.07) is 9.37. The molecule has 1 N–H and O–H groups in total. The summed E-state index contributed by atoms with van der Waals surface area (Å²) in [7, 11) is -3.55. The second-order valence-corrected chi connectivity index (χ2v) is 6.74. The molecule has 1 aromatic carbocycles. The van der Waals surface area contributed by atoms with Gasteiger partial charge in [0.2, 0.25) is 10.0 Å². The Hall–Kier alpha value is -2.45. The van der Waals surface area contributed by atoms with E-state index < -0.39 is 10.0 Å². The largest absolute Gasteiger partial charge is 0.272 e. The zero-order chi connectivity index (χ0) is 16.3. The molecule has 7 nitrogen and oxygen atoms in total. The highest BCUT2D eigenvalue weighted by Gasteiger charge is 2.15. The zero-order valence-corrected chi connectivity index (χ0v) is 13.4. The van der Waals surface area contributed by atoms with Crippen molar-refractivity contribution in [3.8, 4) is 5.69 Å². The number of nitrogens with one attached hydrogen (secondary N) is 1. The van der Waals surface area contributed by atoms with Gasteiger partial charge >= 0.3 is 0 Å². The molecule has 8 heteroatoms. The van der Waals surface area contributed by atoms with Crippen molar-refractivity contribution in [2.75, 3.05) is 0 Å². The van der Waals surface area contributed by atoms with Crippen LogP contribution in [0.5, 0.6) is 0 Å². The molecule has 0 saturated carbocycles. The van der Waals surface area contributed by atoms with Crippen LogP contribution in [-0.2, 0) is 23.1 Å². The molecule has 120 valence electrons. The van der Waals surface area contributed by atoms with Crippen molar-refractivity contribution in [3.05, 3.63) is 60.7 Å². The third kappa shape index (κ3) is 3.49. The first-order chi connectivity index (χ1) is 11.1. The summed E-state index contributed by atoms with van der Waals surface area (Å²) >= 11 is 0. The fourth-order valence-corrected chi connectivity index (χ4v) is 3.08. The van der Waals surface area contributed by atoms with Gasteiger partial charge in [-0.15, -0.1) is 0 Å². The minimum atomic E-state index is -3.55. The fourth-order valence-electron chi connectivity index (χ4n) is 2.11. The van der Waals surface area contributed by atoms with Crippen molar-refractivity contribution >= 4 is 10.0 Å². The topological polar surface area (TPSA) is 81.8 Å². The van der Waals surface area contributed by atoms with Crippen molar-refractivity contribution in [2.24, 2.45) is 0 Å². The lowest BCUT2D eigenvalue weighted by atomic mass is 10.2. The Morgan fingerprint density at radius 1 is 1.17 bits per heavy atom. The van der Waals surface area contributed by atoms with Crippen LogP contribution in [0.25, 0.3) is 5.69 Å². The van der Waals surface area contributed by atoms with Gasteiger partial charge in [0.1, 0.15) is 4.90 Å². The Bertz CT molecular complexity index is 867. The van der Waals surface area contributed by atoms with E-state index in [1.807, 2.05) is 43.5 Å². The fraction of sp³-hybridized carbons (Fsp3) is 0.200. The number of aryl methyl sites for hydroxylation is 1. The van der Waals surface area contributed by atoms with Crippen LogP contribution in [0.4, 0.5) is 0 Å². The van der Waals surface area contributed by atoms with Gasteiger partial charge < -0.3 is 0 Å². The minimum Gasteiger partial charge on any atom is -0.272 e. The van der Waals surface area contributed by atoms with E-state index in [1.165, 1.54) is 12.4 Å². The molecule has 0 radical (unpaired) electrons. The maximum atomic E-state index is 12.2. The molecule has 0 spiro atoms. The molecular formula is C15H17N5O2S. The van der Waals surface area contributed by atoms with Crippen LogP contribution >= 0.6 is 0 Å².